The predicted molar refractivity (Wildman–Crippen MR) is 127 cm³/mol. The smallest absolute Gasteiger partial charge is 0.267 e. The van der Waals surface area contributed by atoms with Crippen LogP contribution in [0.15, 0.2) is 76.7 Å². The third-order valence-electron chi connectivity index (χ3n) is 5.60. The van der Waals surface area contributed by atoms with Crippen molar-refractivity contribution in [2.75, 3.05) is 0 Å². The maximum atomic E-state index is 14.2. The Bertz CT molecular complexity index is 1640. The number of hydrogen-bond donors (Lipinski definition) is 0. The van der Waals surface area contributed by atoms with Gasteiger partial charge in [0.25, 0.3) is 5.56 Å². The number of fused-ring (bicyclic) bond motifs is 3. The lowest BCUT2D eigenvalue weighted by Crippen LogP contribution is -2.22. The first-order chi connectivity index (χ1) is 16.4. The number of nitrogens with zero attached hydrogens (tertiary/aromatic N) is 4. The number of thioether (sulfide) groups is 1. The second kappa shape index (κ2) is 8.49. The molecule has 9 heteroatoms. The first-order valence-corrected chi connectivity index (χ1v) is 11.4. The monoisotopic (exact) mass is 476 g/mol. The van der Waals surface area contributed by atoms with E-state index < -0.39 is 22.7 Å². The summed E-state index contributed by atoms with van der Waals surface area (Å²) >= 11 is 1.09. The highest BCUT2D eigenvalue weighted by atomic mass is 32.2. The Morgan fingerprint density at radius 3 is 2.50 bits per heavy atom. The number of hydrogen-bond acceptors (Lipinski definition) is 5. The van der Waals surface area contributed by atoms with E-state index in [1.165, 1.54) is 4.57 Å². The van der Waals surface area contributed by atoms with Gasteiger partial charge in [-0.1, -0.05) is 42.1 Å². The molecule has 1 atom stereocenters. The highest BCUT2D eigenvalue weighted by Gasteiger charge is 2.24. The molecule has 6 nitrogen and oxygen atoms in total. The molecule has 0 saturated heterocycles. The fraction of sp³-hybridized carbons (Fsp3) is 0.120. The molecule has 0 bridgehead atoms. The molecule has 3 aromatic carbocycles. The highest BCUT2D eigenvalue weighted by Crippen LogP contribution is 2.28. The van der Waals surface area contributed by atoms with Crippen molar-refractivity contribution in [1.29, 1.82) is 0 Å². The van der Waals surface area contributed by atoms with Gasteiger partial charge in [0.05, 0.1) is 27.4 Å². The zero-order valence-electron chi connectivity index (χ0n) is 18.2. The van der Waals surface area contributed by atoms with Gasteiger partial charge in [0, 0.05) is 6.07 Å². The van der Waals surface area contributed by atoms with Crippen molar-refractivity contribution in [1.82, 2.24) is 19.2 Å². The molecule has 170 valence electrons. The van der Waals surface area contributed by atoms with Crippen LogP contribution in [-0.2, 0) is 0 Å². The fourth-order valence-corrected chi connectivity index (χ4v) is 4.83. The molecule has 0 amide bonds. The van der Waals surface area contributed by atoms with E-state index in [9.17, 15) is 18.4 Å². The van der Waals surface area contributed by atoms with Crippen LogP contribution in [0.2, 0.25) is 0 Å². The Kier molecular flexibility index (Phi) is 5.49. The molecule has 0 fully saturated rings. The van der Waals surface area contributed by atoms with Crippen LogP contribution in [0.4, 0.5) is 8.78 Å². The zero-order chi connectivity index (χ0) is 24.0. The normalized spacial score (nSPS) is 12.4. The largest absolute Gasteiger partial charge is 0.293 e. The molecule has 34 heavy (non-hydrogen) atoms. The molecule has 0 N–H and O–H groups in total. The Labute approximate surface area is 196 Å². The van der Waals surface area contributed by atoms with Crippen LogP contribution in [0.5, 0.6) is 0 Å². The maximum absolute atomic E-state index is 14.2. The topological polar surface area (TPSA) is 69.3 Å². The van der Waals surface area contributed by atoms with E-state index in [0.717, 1.165) is 29.5 Å². The average Bonchev–Trinajstić information content (AvgIpc) is 3.23. The lowest BCUT2D eigenvalue weighted by atomic mass is 10.1. The standard InChI is InChI=1S/C25H18F2N4O2S/c1-14-7-3-5-9-20(14)30-23(33)18-8-4-6-10-21(18)31-24(30)28-29-25(31)34-15(2)22(32)17-12-11-16(26)13-19(17)27/h3-13,15H,1-2H3. The first kappa shape index (κ1) is 22.0. The van der Waals surface area contributed by atoms with Gasteiger partial charge in [0.1, 0.15) is 11.6 Å². The predicted octanol–water partition coefficient (Wildman–Crippen LogP) is 4.98. The number of para-hydroxylation sites is 2. The van der Waals surface area contributed by atoms with E-state index in [1.807, 2.05) is 31.2 Å². The third kappa shape index (κ3) is 3.58. The Morgan fingerprint density at radius 1 is 1.00 bits per heavy atom. The molecule has 1 unspecified atom stereocenters. The van der Waals surface area contributed by atoms with Crippen LogP contribution in [0, 0.1) is 18.6 Å². The number of rotatable bonds is 5. The summed E-state index contributed by atoms with van der Waals surface area (Å²) in [5.74, 6) is -1.87. The number of aryl methyl sites for hydroxylation is 1. The lowest BCUT2D eigenvalue weighted by molar-refractivity contribution is 0.0990. The van der Waals surface area contributed by atoms with Crippen molar-refractivity contribution in [3.8, 4) is 5.69 Å². The van der Waals surface area contributed by atoms with Crippen molar-refractivity contribution >= 4 is 34.2 Å². The van der Waals surface area contributed by atoms with Crippen LogP contribution in [-0.4, -0.2) is 30.2 Å². The second-order valence-corrected chi connectivity index (χ2v) is 9.12. The average molecular weight is 477 g/mol. The lowest BCUT2D eigenvalue weighted by Gasteiger charge is -2.14. The van der Waals surface area contributed by atoms with Gasteiger partial charge in [-0.15, -0.1) is 10.2 Å². The Morgan fingerprint density at radius 2 is 1.74 bits per heavy atom. The summed E-state index contributed by atoms with van der Waals surface area (Å²) < 4.78 is 30.7. The van der Waals surface area contributed by atoms with Gasteiger partial charge in [-0.2, -0.15) is 0 Å². The van der Waals surface area contributed by atoms with Gasteiger partial charge >= 0.3 is 0 Å². The van der Waals surface area contributed by atoms with Crippen LogP contribution >= 0.6 is 11.8 Å². The number of ketones is 1. The molecule has 0 aliphatic rings. The number of Topliss-reactive ketones (excluding diaryl/α,β-unsaturated/α-hetero) is 1. The summed E-state index contributed by atoms with van der Waals surface area (Å²) in [7, 11) is 0. The van der Waals surface area contributed by atoms with Gasteiger partial charge < -0.3 is 0 Å². The van der Waals surface area contributed by atoms with Crippen LogP contribution in [0.3, 0.4) is 0 Å². The van der Waals surface area contributed by atoms with Crippen LogP contribution in [0.25, 0.3) is 22.4 Å². The minimum absolute atomic E-state index is 0.197. The Hall–Kier alpha value is -3.85. The number of halogens is 2. The van der Waals surface area contributed by atoms with E-state index >= 15 is 0 Å². The van der Waals surface area contributed by atoms with Gasteiger partial charge in [0.2, 0.25) is 5.78 Å². The molecule has 0 saturated carbocycles. The number of carbonyl (C=O) groups excluding carboxylic acids is 1. The minimum atomic E-state index is -0.914. The molecule has 0 radical (unpaired) electrons. The molecular weight excluding hydrogens is 458 g/mol. The van der Waals surface area contributed by atoms with Crippen molar-refractivity contribution in [3.63, 3.8) is 0 Å². The minimum Gasteiger partial charge on any atom is -0.293 e. The van der Waals surface area contributed by atoms with E-state index in [0.29, 0.717) is 33.6 Å². The maximum Gasteiger partial charge on any atom is 0.267 e. The number of carbonyl (C=O) groups is 1. The van der Waals surface area contributed by atoms with E-state index in [-0.39, 0.29) is 11.1 Å². The van der Waals surface area contributed by atoms with Gasteiger partial charge in [-0.3, -0.25) is 14.0 Å². The van der Waals surface area contributed by atoms with E-state index in [1.54, 1.807) is 35.6 Å². The van der Waals surface area contributed by atoms with E-state index in [2.05, 4.69) is 10.2 Å². The van der Waals surface area contributed by atoms with Gasteiger partial charge in [-0.25, -0.2) is 13.3 Å². The molecule has 5 aromatic rings. The van der Waals surface area contributed by atoms with Crippen LogP contribution in [0.1, 0.15) is 22.8 Å². The second-order valence-electron chi connectivity index (χ2n) is 7.81. The molecule has 2 heterocycles. The first-order valence-electron chi connectivity index (χ1n) is 10.5. The number of benzene rings is 3. The summed E-state index contributed by atoms with van der Waals surface area (Å²) in [6.45, 7) is 3.52. The molecule has 0 aliphatic carbocycles. The summed E-state index contributed by atoms with van der Waals surface area (Å²) in [5.41, 5.74) is 1.71. The fourth-order valence-electron chi connectivity index (χ4n) is 3.91. The quantitative estimate of drug-likeness (QED) is 0.264. The SMILES string of the molecule is Cc1ccccc1-n1c(=O)c2ccccc2n2c(SC(C)C(=O)c3ccc(F)cc3F)nnc12. The third-order valence-corrected chi connectivity index (χ3v) is 6.64. The van der Waals surface area contributed by atoms with E-state index in [4.69, 9.17) is 0 Å². The van der Waals surface area contributed by atoms with Crippen molar-refractivity contribution < 1.29 is 13.6 Å². The highest BCUT2D eigenvalue weighted by molar-refractivity contribution is 8.00. The summed E-state index contributed by atoms with van der Waals surface area (Å²) in [4.78, 5) is 26.3. The molecular formula is C25H18F2N4O2S. The molecule has 0 spiro atoms. The Balaban J connectivity index is 1.67. The van der Waals surface area contributed by atoms with Crippen molar-refractivity contribution in [3.05, 3.63) is 99.8 Å². The number of aromatic nitrogens is 4. The molecule has 5 rings (SSSR count). The molecule has 2 aromatic heterocycles. The summed E-state index contributed by atoms with van der Waals surface area (Å²) in [5, 5.41) is 8.63. The summed E-state index contributed by atoms with van der Waals surface area (Å²) in [6.07, 6.45) is 0. The van der Waals surface area contributed by atoms with Gasteiger partial charge in [-0.05, 0) is 49.7 Å². The van der Waals surface area contributed by atoms with Crippen LogP contribution < -0.4 is 5.56 Å². The summed E-state index contributed by atoms with van der Waals surface area (Å²) in [6, 6.07) is 17.4. The molecule has 0 aliphatic heterocycles. The van der Waals surface area contributed by atoms with Crippen molar-refractivity contribution in [2.24, 2.45) is 0 Å². The van der Waals surface area contributed by atoms with Gasteiger partial charge in [0.15, 0.2) is 10.9 Å². The zero-order valence-corrected chi connectivity index (χ0v) is 19.0. The van der Waals surface area contributed by atoms with Crippen molar-refractivity contribution in [2.45, 2.75) is 24.3 Å².